The van der Waals surface area contributed by atoms with Gasteiger partial charge in [-0.3, -0.25) is 14.6 Å². The van der Waals surface area contributed by atoms with E-state index in [2.05, 4.69) is 33.1 Å². The third-order valence-electron chi connectivity index (χ3n) is 8.95. The summed E-state index contributed by atoms with van der Waals surface area (Å²) in [7, 11) is 0. The molecule has 3 unspecified atom stereocenters. The SMILES string of the molecule is O=C(NC1(C2C[C@H](C(=O)O)C3CC32)CC1)c1cc(Cl)cc2ccn(Cc3ccc(-c4ccccc4)cn3)c12. The molecular formula is C31H28ClN3O3. The van der Waals surface area contributed by atoms with Crippen LogP contribution >= 0.6 is 11.6 Å². The maximum atomic E-state index is 13.7. The van der Waals surface area contributed by atoms with Gasteiger partial charge in [-0.1, -0.05) is 48.0 Å². The van der Waals surface area contributed by atoms with E-state index < -0.39 is 5.97 Å². The molecule has 6 nitrogen and oxygen atoms in total. The first-order valence-corrected chi connectivity index (χ1v) is 13.6. The molecule has 2 heterocycles. The Labute approximate surface area is 225 Å². The number of halogens is 1. The lowest BCUT2D eigenvalue weighted by molar-refractivity contribution is -0.142. The number of rotatable bonds is 7. The number of nitrogens with one attached hydrogen (secondary N) is 1. The summed E-state index contributed by atoms with van der Waals surface area (Å²) in [5.41, 5.74) is 4.16. The minimum absolute atomic E-state index is 0.140. The predicted molar refractivity (Wildman–Crippen MR) is 146 cm³/mol. The number of fused-ring (bicyclic) bond motifs is 2. The van der Waals surface area contributed by atoms with Crippen molar-refractivity contribution in [3.63, 3.8) is 0 Å². The molecule has 3 aliphatic rings. The molecule has 0 saturated heterocycles. The van der Waals surface area contributed by atoms with Gasteiger partial charge in [0.15, 0.2) is 0 Å². The van der Waals surface area contributed by atoms with E-state index in [9.17, 15) is 14.7 Å². The average molecular weight is 526 g/mol. The predicted octanol–water partition coefficient (Wildman–Crippen LogP) is 6.02. The summed E-state index contributed by atoms with van der Waals surface area (Å²) >= 11 is 6.44. The van der Waals surface area contributed by atoms with Crippen molar-refractivity contribution in [3.8, 4) is 11.1 Å². The first-order chi connectivity index (χ1) is 18.4. The third-order valence-corrected chi connectivity index (χ3v) is 9.16. The number of carboxylic acid groups (broad SMARTS) is 1. The molecule has 7 rings (SSSR count). The molecule has 3 saturated carbocycles. The van der Waals surface area contributed by atoms with Gasteiger partial charge < -0.3 is 15.0 Å². The molecule has 3 aliphatic carbocycles. The molecular weight excluding hydrogens is 498 g/mol. The summed E-state index contributed by atoms with van der Waals surface area (Å²) in [5, 5.41) is 14.4. The Bertz CT molecular complexity index is 1560. The van der Waals surface area contributed by atoms with Crippen LogP contribution < -0.4 is 5.32 Å². The van der Waals surface area contributed by atoms with Crippen LogP contribution in [-0.4, -0.2) is 32.1 Å². The summed E-state index contributed by atoms with van der Waals surface area (Å²) in [5.74, 6) is -0.156. The highest BCUT2D eigenvalue weighted by atomic mass is 35.5. The van der Waals surface area contributed by atoms with Gasteiger partial charge >= 0.3 is 5.97 Å². The van der Waals surface area contributed by atoms with E-state index in [0.29, 0.717) is 29.5 Å². The molecule has 3 fully saturated rings. The maximum absolute atomic E-state index is 13.7. The van der Waals surface area contributed by atoms with Crippen LogP contribution in [-0.2, 0) is 11.3 Å². The Morgan fingerprint density at radius 3 is 2.53 bits per heavy atom. The molecule has 1 amide bonds. The Kier molecular flexibility index (Phi) is 5.38. The monoisotopic (exact) mass is 525 g/mol. The van der Waals surface area contributed by atoms with E-state index in [1.54, 1.807) is 6.07 Å². The van der Waals surface area contributed by atoms with E-state index in [4.69, 9.17) is 11.6 Å². The minimum Gasteiger partial charge on any atom is -0.481 e. The summed E-state index contributed by atoms with van der Waals surface area (Å²) in [4.78, 5) is 30.1. The zero-order chi connectivity index (χ0) is 26.0. The number of benzene rings is 2. The van der Waals surface area contributed by atoms with Crippen molar-refractivity contribution in [2.45, 2.75) is 37.8 Å². The van der Waals surface area contributed by atoms with Crippen LogP contribution in [0.15, 0.2) is 73.1 Å². The van der Waals surface area contributed by atoms with Crippen molar-refractivity contribution in [3.05, 3.63) is 89.3 Å². The van der Waals surface area contributed by atoms with E-state index >= 15 is 0 Å². The number of hydrogen-bond donors (Lipinski definition) is 2. The standard InChI is InChI=1S/C31H28ClN3O3/c32-21-12-19-8-11-35(17-22-7-6-20(16-33-22)18-4-2-1-3-5-18)28(19)26(13-21)29(36)34-31(9-10-31)27-15-25(30(37)38)23-14-24(23)27/h1-8,11-13,16,23-25,27H,9-10,14-15,17H2,(H,34,36)(H,37,38)/t23?,24?,25-,27?/m0/s1. The Balaban J connectivity index is 1.15. The largest absolute Gasteiger partial charge is 0.481 e. The van der Waals surface area contributed by atoms with Crippen LogP contribution in [0.25, 0.3) is 22.0 Å². The van der Waals surface area contributed by atoms with Gasteiger partial charge in [0.05, 0.1) is 29.2 Å². The molecule has 2 aromatic carbocycles. The number of hydrogen-bond acceptors (Lipinski definition) is 3. The molecule has 0 bridgehead atoms. The first-order valence-electron chi connectivity index (χ1n) is 13.3. The molecule has 0 aliphatic heterocycles. The van der Waals surface area contributed by atoms with Crippen LogP contribution in [0, 0.1) is 23.7 Å². The maximum Gasteiger partial charge on any atom is 0.306 e. The smallest absolute Gasteiger partial charge is 0.306 e. The third kappa shape index (κ3) is 3.99. The van der Waals surface area contributed by atoms with Crippen LogP contribution in [0.5, 0.6) is 0 Å². The van der Waals surface area contributed by atoms with E-state index in [0.717, 1.165) is 47.0 Å². The lowest BCUT2D eigenvalue weighted by Gasteiger charge is -2.27. The number of carbonyl (C=O) groups is 2. The fourth-order valence-electron chi connectivity index (χ4n) is 6.83. The number of pyridine rings is 1. The van der Waals surface area contributed by atoms with Crippen molar-refractivity contribution in [1.29, 1.82) is 0 Å². The van der Waals surface area contributed by atoms with Gasteiger partial charge in [0, 0.05) is 33.9 Å². The zero-order valence-electron chi connectivity index (χ0n) is 20.8. The molecule has 4 atom stereocenters. The number of carboxylic acids is 1. The minimum atomic E-state index is -0.693. The number of nitrogens with zero attached hydrogens (tertiary/aromatic N) is 2. The fourth-order valence-corrected chi connectivity index (χ4v) is 7.06. The van der Waals surface area contributed by atoms with E-state index in [-0.39, 0.29) is 29.2 Å². The van der Waals surface area contributed by atoms with Crippen molar-refractivity contribution in [2.75, 3.05) is 0 Å². The lowest BCUT2D eigenvalue weighted by Crippen LogP contribution is -2.43. The molecule has 0 spiro atoms. The topological polar surface area (TPSA) is 84.2 Å². The summed E-state index contributed by atoms with van der Waals surface area (Å²) in [6.45, 7) is 0.526. The van der Waals surface area contributed by atoms with Crippen LogP contribution in [0.4, 0.5) is 0 Å². The quantitative estimate of drug-likeness (QED) is 0.309. The normalized spacial score (nSPS) is 24.7. The van der Waals surface area contributed by atoms with Gasteiger partial charge in [-0.2, -0.15) is 0 Å². The molecule has 2 N–H and O–H groups in total. The lowest BCUT2D eigenvalue weighted by atomic mass is 9.88. The fraction of sp³-hybridized carbons (Fsp3) is 0.323. The molecule has 7 heteroatoms. The molecule has 192 valence electrons. The van der Waals surface area contributed by atoms with Gasteiger partial charge in [-0.25, -0.2) is 0 Å². The Morgan fingerprint density at radius 1 is 1.03 bits per heavy atom. The molecule has 0 radical (unpaired) electrons. The van der Waals surface area contributed by atoms with E-state index in [1.165, 1.54) is 0 Å². The van der Waals surface area contributed by atoms with Crippen molar-refractivity contribution in [2.24, 2.45) is 23.7 Å². The van der Waals surface area contributed by atoms with Crippen molar-refractivity contribution < 1.29 is 14.7 Å². The van der Waals surface area contributed by atoms with Crippen LogP contribution in [0.3, 0.4) is 0 Å². The number of aromatic nitrogens is 2. The average Bonchev–Trinajstić information content (AvgIpc) is 3.81. The number of carbonyl (C=O) groups excluding carboxylic acids is 1. The molecule has 2 aromatic heterocycles. The highest BCUT2D eigenvalue weighted by Gasteiger charge is 2.65. The first kappa shape index (κ1) is 23.5. The summed E-state index contributed by atoms with van der Waals surface area (Å²) in [6, 6.07) is 19.8. The zero-order valence-corrected chi connectivity index (χ0v) is 21.6. The van der Waals surface area contributed by atoms with Gasteiger partial charge in [-0.15, -0.1) is 0 Å². The van der Waals surface area contributed by atoms with E-state index in [1.807, 2.05) is 48.8 Å². The van der Waals surface area contributed by atoms with Gasteiger partial charge in [0.1, 0.15) is 0 Å². The van der Waals surface area contributed by atoms with Gasteiger partial charge in [0.25, 0.3) is 5.91 Å². The van der Waals surface area contributed by atoms with Crippen molar-refractivity contribution in [1.82, 2.24) is 14.9 Å². The van der Waals surface area contributed by atoms with Crippen molar-refractivity contribution >= 4 is 34.4 Å². The van der Waals surface area contributed by atoms with Gasteiger partial charge in [0.2, 0.25) is 0 Å². The second kappa shape index (κ2) is 8.70. The second-order valence-electron chi connectivity index (χ2n) is 11.2. The highest BCUT2D eigenvalue weighted by Crippen LogP contribution is 2.65. The van der Waals surface area contributed by atoms with Crippen LogP contribution in [0.1, 0.15) is 41.7 Å². The van der Waals surface area contributed by atoms with Gasteiger partial charge in [-0.05, 0) is 73.3 Å². The summed E-state index contributed by atoms with van der Waals surface area (Å²) in [6.07, 6.45) is 7.30. The molecule has 4 aromatic rings. The molecule has 38 heavy (non-hydrogen) atoms. The second-order valence-corrected chi connectivity index (χ2v) is 11.6. The van der Waals surface area contributed by atoms with Crippen LogP contribution in [0.2, 0.25) is 5.02 Å². The Morgan fingerprint density at radius 2 is 1.84 bits per heavy atom. The number of aliphatic carboxylic acids is 1. The summed E-state index contributed by atoms with van der Waals surface area (Å²) < 4.78 is 2.05. The number of amides is 1. The highest BCUT2D eigenvalue weighted by molar-refractivity contribution is 6.32. The Hall–Kier alpha value is -3.64.